The third-order valence-corrected chi connectivity index (χ3v) is 4.41. The van der Waals surface area contributed by atoms with Crippen molar-refractivity contribution >= 4 is 0 Å². The maximum atomic E-state index is 5.83. The molecule has 0 amide bonds. The third-order valence-electron chi connectivity index (χ3n) is 4.41. The van der Waals surface area contributed by atoms with E-state index in [2.05, 4.69) is 10.2 Å². The number of nitrogens with one attached hydrogen (secondary N) is 1. The monoisotopic (exact) mass is 224 g/mol. The van der Waals surface area contributed by atoms with E-state index in [-0.39, 0.29) is 0 Å². The molecule has 0 radical (unpaired) electrons. The molecular weight excluding hydrogens is 200 g/mol. The lowest BCUT2D eigenvalue weighted by Gasteiger charge is -2.27. The van der Waals surface area contributed by atoms with Crippen LogP contribution in [0.4, 0.5) is 0 Å². The van der Waals surface area contributed by atoms with Gasteiger partial charge in [-0.15, -0.1) is 0 Å². The molecule has 0 aromatic heterocycles. The first-order valence-electron chi connectivity index (χ1n) is 6.99. The molecule has 3 heterocycles. The molecule has 16 heavy (non-hydrogen) atoms. The summed E-state index contributed by atoms with van der Waals surface area (Å²) >= 11 is 0. The molecule has 1 N–H and O–H groups in total. The second-order valence-corrected chi connectivity index (χ2v) is 5.67. The molecule has 0 saturated carbocycles. The Morgan fingerprint density at radius 2 is 2.12 bits per heavy atom. The van der Waals surface area contributed by atoms with Gasteiger partial charge in [0.2, 0.25) is 0 Å². The Hall–Kier alpha value is -0.120. The highest BCUT2D eigenvalue weighted by Crippen LogP contribution is 2.26. The molecule has 3 saturated heterocycles. The third kappa shape index (κ3) is 2.41. The maximum absolute atomic E-state index is 5.83. The molecule has 3 rings (SSSR count). The van der Waals surface area contributed by atoms with E-state index in [4.69, 9.17) is 4.74 Å². The van der Waals surface area contributed by atoms with Crippen molar-refractivity contribution < 1.29 is 4.74 Å². The number of hydrogen-bond donors (Lipinski definition) is 1. The molecule has 3 atom stereocenters. The lowest BCUT2D eigenvalue weighted by Crippen LogP contribution is -2.41. The summed E-state index contributed by atoms with van der Waals surface area (Å²) in [7, 11) is 0. The predicted molar refractivity (Wildman–Crippen MR) is 64.5 cm³/mol. The molecule has 92 valence electrons. The molecule has 3 aliphatic heterocycles. The SMILES string of the molecule is C1CCC(CN2C[C@@H]3CCCN[C@@H]3C2)OC1. The van der Waals surface area contributed by atoms with Crippen molar-refractivity contribution in [2.75, 3.05) is 32.8 Å². The number of nitrogens with zero attached hydrogens (tertiary/aromatic N) is 1. The van der Waals surface area contributed by atoms with Crippen LogP contribution in [-0.4, -0.2) is 49.8 Å². The van der Waals surface area contributed by atoms with E-state index in [0.29, 0.717) is 6.10 Å². The van der Waals surface area contributed by atoms with Crippen LogP contribution in [0.25, 0.3) is 0 Å². The Morgan fingerprint density at radius 3 is 2.94 bits per heavy atom. The smallest absolute Gasteiger partial charge is 0.0702 e. The molecule has 0 aromatic carbocycles. The summed E-state index contributed by atoms with van der Waals surface area (Å²) in [6, 6.07) is 0.775. The molecular formula is C13H24N2O. The van der Waals surface area contributed by atoms with Crippen LogP contribution in [-0.2, 0) is 4.74 Å². The van der Waals surface area contributed by atoms with Gasteiger partial charge in [0.15, 0.2) is 0 Å². The standard InChI is InChI=1S/C13H24N2O/c1-2-7-16-12(5-1)9-15-8-11-4-3-6-14-13(11)10-15/h11-14H,1-10H2/t11-,12?,13+/m0/s1. The Morgan fingerprint density at radius 1 is 1.12 bits per heavy atom. The quantitative estimate of drug-likeness (QED) is 0.764. The first kappa shape index (κ1) is 11.0. The fourth-order valence-corrected chi connectivity index (χ4v) is 3.52. The molecule has 0 aliphatic carbocycles. The minimum absolute atomic E-state index is 0.522. The summed E-state index contributed by atoms with van der Waals surface area (Å²) in [5, 5.41) is 3.67. The van der Waals surface area contributed by atoms with Gasteiger partial charge in [-0.3, -0.25) is 4.90 Å². The van der Waals surface area contributed by atoms with Crippen LogP contribution < -0.4 is 5.32 Å². The molecule has 0 bridgehead atoms. The average molecular weight is 224 g/mol. The summed E-state index contributed by atoms with van der Waals surface area (Å²) in [4.78, 5) is 2.63. The molecule has 3 aliphatic rings. The predicted octanol–water partition coefficient (Wildman–Crippen LogP) is 1.24. The summed E-state index contributed by atoms with van der Waals surface area (Å²) in [5.74, 6) is 0.914. The second kappa shape index (κ2) is 5.03. The Bertz CT molecular complexity index is 214. The first-order valence-corrected chi connectivity index (χ1v) is 6.99. The van der Waals surface area contributed by atoms with Crippen molar-refractivity contribution in [3.8, 4) is 0 Å². The van der Waals surface area contributed by atoms with Crippen LogP contribution in [0.1, 0.15) is 32.1 Å². The fourth-order valence-electron chi connectivity index (χ4n) is 3.52. The fraction of sp³-hybridized carbons (Fsp3) is 1.00. The van der Waals surface area contributed by atoms with Gasteiger partial charge < -0.3 is 10.1 Å². The van der Waals surface area contributed by atoms with E-state index in [1.165, 1.54) is 58.3 Å². The van der Waals surface area contributed by atoms with Gasteiger partial charge in [-0.05, 0) is 44.6 Å². The van der Waals surface area contributed by atoms with Gasteiger partial charge in [-0.2, -0.15) is 0 Å². The Kier molecular flexibility index (Phi) is 3.46. The van der Waals surface area contributed by atoms with Gasteiger partial charge in [0.05, 0.1) is 6.10 Å². The van der Waals surface area contributed by atoms with Crippen molar-refractivity contribution in [3.05, 3.63) is 0 Å². The summed E-state index contributed by atoms with van der Waals surface area (Å²) in [6.45, 7) is 5.95. The lowest BCUT2D eigenvalue weighted by molar-refractivity contribution is -0.00251. The number of fused-ring (bicyclic) bond motifs is 1. The highest BCUT2D eigenvalue weighted by Gasteiger charge is 2.35. The molecule has 0 spiro atoms. The van der Waals surface area contributed by atoms with E-state index >= 15 is 0 Å². The topological polar surface area (TPSA) is 24.5 Å². The molecule has 3 fully saturated rings. The van der Waals surface area contributed by atoms with Crippen molar-refractivity contribution in [2.24, 2.45) is 5.92 Å². The van der Waals surface area contributed by atoms with Gasteiger partial charge >= 0.3 is 0 Å². The van der Waals surface area contributed by atoms with E-state index in [1.807, 2.05) is 0 Å². The van der Waals surface area contributed by atoms with Gasteiger partial charge in [0.25, 0.3) is 0 Å². The minimum Gasteiger partial charge on any atom is -0.377 e. The second-order valence-electron chi connectivity index (χ2n) is 5.67. The van der Waals surface area contributed by atoms with Crippen LogP contribution in [0.3, 0.4) is 0 Å². The van der Waals surface area contributed by atoms with Gasteiger partial charge in [-0.25, -0.2) is 0 Å². The minimum atomic E-state index is 0.522. The van der Waals surface area contributed by atoms with E-state index in [1.54, 1.807) is 0 Å². The van der Waals surface area contributed by atoms with Crippen LogP contribution in [0.2, 0.25) is 0 Å². The number of hydrogen-bond acceptors (Lipinski definition) is 3. The van der Waals surface area contributed by atoms with Crippen molar-refractivity contribution in [1.82, 2.24) is 10.2 Å². The Balaban J connectivity index is 1.49. The van der Waals surface area contributed by atoms with Crippen LogP contribution in [0.15, 0.2) is 0 Å². The van der Waals surface area contributed by atoms with E-state index in [0.717, 1.165) is 18.6 Å². The zero-order valence-electron chi connectivity index (χ0n) is 10.2. The van der Waals surface area contributed by atoms with Crippen molar-refractivity contribution in [2.45, 2.75) is 44.2 Å². The van der Waals surface area contributed by atoms with Crippen LogP contribution in [0.5, 0.6) is 0 Å². The average Bonchev–Trinajstić information content (AvgIpc) is 2.72. The van der Waals surface area contributed by atoms with E-state index in [9.17, 15) is 0 Å². The normalized spacial score (nSPS) is 40.9. The largest absolute Gasteiger partial charge is 0.377 e. The maximum Gasteiger partial charge on any atom is 0.0702 e. The zero-order chi connectivity index (χ0) is 10.8. The van der Waals surface area contributed by atoms with Gasteiger partial charge in [0, 0.05) is 32.3 Å². The molecule has 0 aromatic rings. The molecule has 3 nitrogen and oxygen atoms in total. The van der Waals surface area contributed by atoms with Gasteiger partial charge in [-0.1, -0.05) is 0 Å². The van der Waals surface area contributed by atoms with Crippen molar-refractivity contribution in [1.29, 1.82) is 0 Å². The summed E-state index contributed by atoms with van der Waals surface area (Å²) in [5.41, 5.74) is 0. The first-order chi connectivity index (χ1) is 7.92. The Labute approximate surface area is 98.5 Å². The van der Waals surface area contributed by atoms with Crippen molar-refractivity contribution in [3.63, 3.8) is 0 Å². The highest BCUT2D eigenvalue weighted by atomic mass is 16.5. The van der Waals surface area contributed by atoms with Crippen LogP contribution >= 0.6 is 0 Å². The summed E-state index contributed by atoms with van der Waals surface area (Å²) in [6.07, 6.45) is 7.23. The lowest BCUT2D eigenvalue weighted by atomic mass is 9.94. The number of rotatable bonds is 2. The summed E-state index contributed by atoms with van der Waals surface area (Å²) < 4.78 is 5.83. The number of piperidine rings is 1. The highest BCUT2D eigenvalue weighted by molar-refractivity contribution is 4.92. The molecule has 3 heteroatoms. The zero-order valence-corrected chi connectivity index (χ0v) is 10.2. The molecule has 1 unspecified atom stereocenters. The number of likely N-dealkylation sites (tertiary alicyclic amines) is 1. The van der Waals surface area contributed by atoms with E-state index < -0.39 is 0 Å². The number of ether oxygens (including phenoxy) is 1. The van der Waals surface area contributed by atoms with Gasteiger partial charge in [0.1, 0.15) is 0 Å². The van der Waals surface area contributed by atoms with Crippen LogP contribution in [0, 0.1) is 5.92 Å².